The van der Waals surface area contributed by atoms with Crippen molar-refractivity contribution in [1.82, 2.24) is 19.6 Å². The van der Waals surface area contributed by atoms with Crippen LogP contribution in [0.5, 0.6) is 0 Å². The van der Waals surface area contributed by atoms with Gasteiger partial charge >= 0.3 is 0 Å². The van der Waals surface area contributed by atoms with Crippen LogP contribution >= 0.6 is 0 Å². The maximum absolute atomic E-state index is 5.43. The van der Waals surface area contributed by atoms with E-state index in [1.165, 1.54) is 168 Å². The lowest BCUT2D eigenvalue weighted by atomic mass is 9.68. The number of likely N-dealkylation sites (tertiary alicyclic amines) is 4. The third kappa shape index (κ3) is 17.2. The van der Waals surface area contributed by atoms with Crippen molar-refractivity contribution in [3.8, 4) is 0 Å². The lowest BCUT2D eigenvalue weighted by Crippen LogP contribution is -2.35. The smallest absolute Gasteiger partial charge is 0.0471 e. The largest absolute Gasteiger partial charge is 0.381 e. The molecule has 0 amide bonds. The number of hydrogen-bond donors (Lipinski definition) is 0. The minimum atomic E-state index is 0.628. The zero-order valence-electron chi connectivity index (χ0n) is 42.3. The van der Waals surface area contributed by atoms with E-state index in [9.17, 15) is 0 Å². The van der Waals surface area contributed by atoms with Crippen molar-refractivity contribution in [2.75, 3.05) is 65.6 Å². The summed E-state index contributed by atoms with van der Waals surface area (Å²) in [5.41, 5.74) is 2.94. The Morgan fingerprint density at radius 3 is 0.737 bits per heavy atom. The molecule has 5 nitrogen and oxygen atoms in total. The van der Waals surface area contributed by atoms with Gasteiger partial charge < -0.3 is 24.3 Å². The van der Waals surface area contributed by atoms with Crippen LogP contribution < -0.4 is 0 Å². The third-order valence-electron chi connectivity index (χ3n) is 15.3. The molecular formula is C52H108N4O. The van der Waals surface area contributed by atoms with Crippen molar-refractivity contribution < 1.29 is 4.74 Å². The van der Waals surface area contributed by atoms with Crippen LogP contribution in [0.3, 0.4) is 0 Å². The fourth-order valence-corrected chi connectivity index (χ4v) is 11.2. The summed E-state index contributed by atoms with van der Waals surface area (Å²) in [5, 5.41) is 0. The monoisotopic (exact) mass is 805 g/mol. The first-order valence-corrected chi connectivity index (χ1v) is 25.9. The van der Waals surface area contributed by atoms with Gasteiger partial charge in [-0.05, 0) is 180 Å². The Kier molecular flexibility index (Phi) is 27.3. The summed E-state index contributed by atoms with van der Waals surface area (Å²) in [6.07, 6.45) is 26.4. The molecule has 0 N–H and O–H groups in total. The highest BCUT2D eigenvalue weighted by molar-refractivity contribution is 4.97. The quantitative estimate of drug-likeness (QED) is 0.281. The van der Waals surface area contributed by atoms with Crippen LogP contribution in [-0.4, -0.2) is 109 Å². The van der Waals surface area contributed by atoms with Crippen molar-refractivity contribution >= 4 is 0 Å². The molecule has 3 saturated carbocycles. The van der Waals surface area contributed by atoms with Crippen molar-refractivity contribution in [2.45, 2.75) is 251 Å². The second-order valence-electron chi connectivity index (χ2n) is 20.0. The number of hydrogen-bond acceptors (Lipinski definition) is 5. The second-order valence-corrected chi connectivity index (χ2v) is 20.0. The molecule has 8 aliphatic rings. The summed E-state index contributed by atoms with van der Waals surface area (Å²) in [7, 11) is 0. The molecule has 8 fully saturated rings. The Morgan fingerprint density at radius 2 is 0.526 bits per heavy atom. The zero-order valence-corrected chi connectivity index (χ0v) is 42.3. The van der Waals surface area contributed by atoms with E-state index in [2.05, 4.69) is 75.0 Å². The van der Waals surface area contributed by atoms with Crippen LogP contribution in [0.4, 0.5) is 0 Å². The van der Waals surface area contributed by atoms with Gasteiger partial charge in [-0.25, -0.2) is 0 Å². The molecule has 0 unspecified atom stereocenters. The molecule has 57 heavy (non-hydrogen) atoms. The van der Waals surface area contributed by atoms with Gasteiger partial charge in [-0.15, -0.1) is 0 Å². The van der Waals surface area contributed by atoms with E-state index in [0.717, 1.165) is 53.6 Å². The molecule has 0 aromatic rings. The summed E-state index contributed by atoms with van der Waals surface area (Å²) in [4.78, 5) is 10.6. The van der Waals surface area contributed by atoms with Crippen LogP contribution in [0.2, 0.25) is 0 Å². The van der Waals surface area contributed by atoms with Crippen LogP contribution in [0, 0.1) is 21.7 Å². The number of nitrogens with zero attached hydrogens (tertiary/aromatic N) is 4. The molecule has 3 aliphatic carbocycles. The Morgan fingerprint density at radius 1 is 0.298 bits per heavy atom. The van der Waals surface area contributed by atoms with E-state index in [1.807, 2.05) is 55.4 Å². The minimum absolute atomic E-state index is 0.628. The Balaban J connectivity index is 0.000000359. The number of ether oxygens (including phenoxy) is 1. The van der Waals surface area contributed by atoms with Crippen molar-refractivity contribution in [2.24, 2.45) is 21.7 Å². The topological polar surface area (TPSA) is 22.2 Å². The predicted molar refractivity (Wildman–Crippen MR) is 256 cm³/mol. The molecule has 0 bridgehead atoms. The van der Waals surface area contributed by atoms with Crippen LogP contribution in [-0.2, 0) is 4.74 Å². The molecule has 0 aromatic heterocycles. The molecule has 0 atom stereocenters. The fraction of sp³-hybridized carbons (Fsp3) is 1.00. The molecule has 5 heteroatoms. The first-order valence-electron chi connectivity index (χ1n) is 25.9. The molecule has 8 rings (SSSR count). The van der Waals surface area contributed by atoms with Crippen molar-refractivity contribution in [3.05, 3.63) is 0 Å². The van der Waals surface area contributed by atoms with E-state index in [1.54, 1.807) is 0 Å². The van der Waals surface area contributed by atoms with Gasteiger partial charge in [-0.1, -0.05) is 93.9 Å². The molecular weight excluding hydrogens is 697 g/mol. The molecule has 342 valence electrons. The average molecular weight is 805 g/mol. The molecule has 4 spiro atoms. The molecule has 5 heterocycles. The first kappa shape index (κ1) is 54.8. The Labute approximate surface area is 360 Å². The normalized spacial score (nSPS) is 25.5. The SMILES string of the molecule is CC.CC.CC.CC.CC(C)N1CCC2(CCC2)C1.CC(C)N1CCC2(CCCC2)C1.CC(C)N1CCC2(CCCCC2)C1.CC(C)N1CCC2(CCOCC2)C1. The fourth-order valence-electron chi connectivity index (χ4n) is 11.2. The highest BCUT2D eigenvalue weighted by atomic mass is 16.5. The van der Waals surface area contributed by atoms with Gasteiger partial charge in [0.15, 0.2) is 0 Å². The zero-order chi connectivity index (χ0) is 43.1. The maximum atomic E-state index is 5.43. The van der Waals surface area contributed by atoms with Gasteiger partial charge in [0.1, 0.15) is 0 Å². The van der Waals surface area contributed by atoms with Crippen LogP contribution in [0.15, 0.2) is 0 Å². The summed E-state index contributed by atoms with van der Waals surface area (Å²) >= 11 is 0. The van der Waals surface area contributed by atoms with Crippen molar-refractivity contribution in [1.29, 1.82) is 0 Å². The third-order valence-corrected chi connectivity index (χ3v) is 15.3. The summed E-state index contributed by atoms with van der Waals surface area (Å²) in [5.74, 6) is 0. The van der Waals surface area contributed by atoms with Gasteiger partial charge in [0.25, 0.3) is 0 Å². The summed E-state index contributed by atoms with van der Waals surface area (Å²) in [6.45, 7) is 47.4. The van der Waals surface area contributed by atoms with E-state index in [0.29, 0.717) is 5.41 Å². The van der Waals surface area contributed by atoms with E-state index < -0.39 is 0 Å². The highest BCUT2D eigenvalue weighted by Crippen LogP contribution is 2.49. The Bertz CT molecular complexity index is 915. The highest BCUT2D eigenvalue weighted by Gasteiger charge is 2.44. The standard InChI is InChI=1S/C12H23N.C11H21NO.C11H21N.C10H19N.4C2H6/c1-11(2)13-9-8-12(10-13)6-4-3-5-7-12;1-10(2)12-6-3-11(9-12)4-7-13-8-5-11;1-10(2)12-8-7-11(9-12)5-3-4-6-11;1-9(2)11-7-6-10(8-11)4-3-5-10;4*1-2/h11H,3-10H2,1-2H3;10H,3-9H2,1-2H3;10H,3-9H2,1-2H3;9H,3-8H2,1-2H3;4*1-2H3. The lowest BCUT2D eigenvalue weighted by Gasteiger charge is -2.38. The second kappa shape index (κ2) is 28.4. The molecule has 0 radical (unpaired) electrons. The summed E-state index contributed by atoms with van der Waals surface area (Å²) in [6, 6.07) is 3.03. The van der Waals surface area contributed by atoms with Crippen molar-refractivity contribution in [3.63, 3.8) is 0 Å². The maximum Gasteiger partial charge on any atom is 0.0471 e. The van der Waals surface area contributed by atoms with Crippen LogP contribution in [0.1, 0.15) is 226 Å². The van der Waals surface area contributed by atoms with Gasteiger partial charge in [-0.2, -0.15) is 0 Å². The summed E-state index contributed by atoms with van der Waals surface area (Å²) < 4.78 is 5.43. The molecule has 0 aromatic carbocycles. The minimum Gasteiger partial charge on any atom is -0.381 e. The van der Waals surface area contributed by atoms with E-state index in [-0.39, 0.29) is 0 Å². The van der Waals surface area contributed by atoms with Gasteiger partial charge in [0.2, 0.25) is 0 Å². The molecule has 5 saturated heterocycles. The van der Waals surface area contributed by atoms with Gasteiger partial charge in [0, 0.05) is 63.6 Å². The molecule has 5 aliphatic heterocycles. The number of rotatable bonds is 4. The first-order chi connectivity index (χ1) is 27.4. The van der Waals surface area contributed by atoms with E-state index in [4.69, 9.17) is 4.74 Å². The predicted octanol–water partition coefficient (Wildman–Crippen LogP) is 14.0. The Hall–Kier alpha value is -0.200. The van der Waals surface area contributed by atoms with Crippen LogP contribution in [0.25, 0.3) is 0 Å². The average Bonchev–Trinajstić information content (AvgIpc) is 4.09. The van der Waals surface area contributed by atoms with E-state index >= 15 is 0 Å². The van der Waals surface area contributed by atoms with Gasteiger partial charge in [-0.3, -0.25) is 0 Å². The van der Waals surface area contributed by atoms with Gasteiger partial charge in [0.05, 0.1) is 0 Å². The lowest BCUT2D eigenvalue weighted by molar-refractivity contribution is 0.0179.